The molecular formula is C30H47O2P. The third-order valence-corrected chi connectivity index (χ3v) is 8.97. The van der Waals surface area contributed by atoms with E-state index in [1.165, 1.54) is 89.9 Å². The molecular weight excluding hydrogens is 423 g/mol. The van der Waals surface area contributed by atoms with E-state index in [4.69, 9.17) is 4.52 Å². The quantitative estimate of drug-likeness (QED) is 0.142. The molecule has 0 radical (unpaired) electrons. The number of hydrogen-bond acceptors (Lipinski definition) is 2. The fraction of sp³-hybridized carbons (Fsp3) is 0.600. The van der Waals surface area contributed by atoms with Crippen molar-refractivity contribution in [2.75, 3.05) is 6.61 Å². The first-order valence-corrected chi connectivity index (χ1v) is 15.3. The standard InChI is InChI=1S/C30H47O2P/c1-2-3-4-5-6-7-8-9-10-11-12-13-14-15-16-23-28-32-33(31,29-24-19-17-20-25-29)30-26-21-18-22-27-30/h17-22,24-27H,2-16,23,28H2,1H3. The highest BCUT2D eigenvalue weighted by Crippen LogP contribution is 2.44. The lowest BCUT2D eigenvalue weighted by atomic mass is 10.0. The molecule has 3 heteroatoms. The average molecular weight is 471 g/mol. The first kappa shape index (κ1) is 27.9. The van der Waals surface area contributed by atoms with E-state index in [2.05, 4.69) is 6.92 Å². The lowest BCUT2D eigenvalue weighted by Gasteiger charge is -2.19. The summed E-state index contributed by atoms with van der Waals surface area (Å²) in [6.45, 7) is 2.84. The van der Waals surface area contributed by atoms with Crippen LogP contribution in [0.1, 0.15) is 110 Å². The van der Waals surface area contributed by atoms with E-state index in [0.717, 1.165) is 23.5 Å². The highest BCUT2D eigenvalue weighted by Gasteiger charge is 2.27. The van der Waals surface area contributed by atoms with E-state index in [0.29, 0.717) is 6.61 Å². The van der Waals surface area contributed by atoms with Gasteiger partial charge < -0.3 is 4.52 Å². The topological polar surface area (TPSA) is 26.3 Å². The van der Waals surface area contributed by atoms with Crippen molar-refractivity contribution >= 4 is 18.0 Å². The molecule has 0 aromatic heterocycles. The summed E-state index contributed by atoms with van der Waals surface area (Å²) in [5.74, 6) is 0. The predicted octanol–water partition coefficient (Wildman–Crippen LogP) is 9.19. The van der Waals surface area contributed by atoms with Crippen LogP contribution in [0, 0.1) is 0 Å². The van der Waals surface area contributed by atoms with Gasteiger partial charge in [0.25, 0.3) is 7.37 Å². The van der Waals surface area contributed by atoms with Crippen LogP contribution in [0.2, 0.25) is 0 Å². The Balaban J connectivity index is 1.50. The largest absolute Gasteiger partial charge is 0.322 e. The number of hydrogen-bond donors (Lipinski definition) is 0. The Hall–Kier alpha value is -1.37. The molecule has 0 aliphatic rings. The minimum Gasteiger partial charge on any atom is -0.322 e. The molecule has 0 aliphatic carbocycles. The van der Waals surface area contributed by atoms with Gasteiger partial charge in [-0.1, -0.05) is 140 Å². The molecule has 0 fully saturated rings. The number of rotatable bonds is 20. The minimum atomic E-state index is -3.01. The maximum Gasteiger partial charge on any atom is 0.261 e. The van der Waals surface area contributed by atoms with Gasteiger partial charge in [0.1, 0.15) is 0 Å². The SMILES string of the molecule is CCCCCCCCCCCCCCCCCCOP(=O)(c1ccccc1)c1ccccc1. The lowest BCUT2D eigenvalue weighted by molar-refractivity contribution is 0.313. The van der Waals surface area contributed by atoms with E-state index in [9.17, 15) is 4.57 Å². The molecule has 0 amide bonds. The Morgan fingerprint density at radius 3 is 1.21 bits per heavy atom. The van der Waals surface area contributed by atoms with Gasteiger partial charge in [0.05, 0.1) is 6.61 Å². The van der Waals surface area contributed by atoms with Crippen molar-refractivity contribution in [1.82, 2.24) is 0 Å². The first-order valence-electron chi connectivity index (χ1n) is 13.6. The summed E-state index contributed by atoms with van der Waals surface area (Å²) in [7, 11) is -3.01. The van der Waals surface area contributed by atoms with E-state index >= 15 is 0 Å². The Morgan fingerprint density at radius 2 is 0.848 bits per heavy atom. The van der Waals surface area contributed by atoms with E-state index < -0.39 is 7.37 Å². The van der Waals surface area contributed by atoms with Gasteiger partial charge in [0.2, 0.25) is 0 Å². The summed E-state index contributed by atoms with van der Waals surface area (Å²) in [6, 6.07) is 19.3. The maximum atomic E-state index is 13.8. The predicted molar refractivity (Wildman–Crippen MR) is 145 cm³/mol. The molecule has 0 saturated heterocycles. The molecule has 0 bridgehead atoms. The highest BCUT2D eigenvalue weighted by atomic mass is 31.2. The lowest BCUT2D eigenvalue weighted by Crippen LogP contribution is -2.18. The number of unbranched alkanes of at least 4 members (excludes halogenated alkanes) is 15. The average Bonchev–Trinajstić information content (AvgIpc) is 2.87. The summed E-state index contributed by atoms with van der Waals surface area (Å²) in [4.78, 5) is 0. The molecule has 0 unspecified atom stereocenters. The smallest absolute Gasteiger partial charge is 0.261 e. The van der Waals surface area contributed by atoms with Gasteiger partial charge in [0.15, 0.2) is 0 Å². The molecule has 2 aromatic rings. The third-order valence-electron chi connectivity index (χ3n) is 6.46. The van der Waals surface area contributed by atoms with Crippen molar-refractivity contribution in [1.29, 1.82) is 0 Å². The normalized spacial score (nSPS) is 11.7. The van der Waals surface area contributed by atoms with Crippen molar-refractivity contribution in [3.63, 3.8) is 0 Å². The molecule has 184 valence electrons. The van der Waals surface area contributed by atoms with Crippen LogP contribution in [0.25, 0.3) is 0 Å². The Bertz CT molecular complexity index is 701. The van der Waals surface area contributed by atoms with Gasteiger partial charge in [0, 0.05) is 10.6 Å². The van der Waals surface area contributed by atoms with E-state index in [1.54, 1.807) is 0 Å². The van der Waals surface area contributed by atoms with Crippen molar-refractivity contribution in [2.24, 2.45) is 0 Å². The molecule has 33 heavy (non-hydrogen) atoms. The van der Waals surface area contributed by atoms with Gasteiger partial charge >= 0.3 is 0 Å². The molecule has 2 rings (SSSR count). The monoisotopic (exact) mass is 470 g/mol. The zero-order valence-corrected chi connectivity index (χ0v) is 22.0. The summed E-state index contributed by atoms with van der Waals surface area (Å²) in [5.41, 5.74) is 0. The Morgan fingerprint density at radius 1 is 0.515 bits per heavy atom. The molecule has 0 N–H and O–H groups in total. The summed E-state index contributed by atoms with van der Waals surface area (Å²) in [6.07, 6.45) is 21.6. The molecule has 2 nitrogen and oxygen atoms in total. The molecule has 0 aliphatic heterocycles. The van der Waals surface area contributed by atoms with Crippen molar-refractivity contribution in [2.45, 2.75) is 110 Å². The minimum absolute atomic E-state index is 0.555. The van der Waals surface area contributed by atoms with Crippen molar-refractivity contribution in [3.05, 3.63) is 60.7 Å². The molecule has 2 aromatic carbocycles. The first-order chi connectivity index (χ1) is 16.3. The van der Waals surface area contributed by atoms with Crippen molar-refractivity contribution < 1.29 is 9.09 Å². The molecule has 0 saturated carbocycles. The van der Waals surface area contributed by atoms with Crippen LogP contribution in [0.15, 0.2) is 60.7 Å². The van der Waals surface area contributed by atoms with E-state index in [1.807, 2.05) is 60.7 Å². The van der Waals surface area contributed by atoms with Crippen molar-refractivity contribution in [3.8, 4) is 0 Å². The fourth-order valence-corrected chi connectivity index (χ4v) is 6.50. The summed E-state index contributed by atoms with van der Waals surface area (Å²) < 4.78 is 19.8. The summed E-state index contributed by atoms with van der Waals surface area (Å²) >= 11 is 0. The highest BCUT2D eigenvalue weighted by molar-refractivity contribution is 7.74. The second-order valence-electron chi connectivity index (χ2n) is 9.36. The molecule has 0 heterocycles. The van der Waals surface area contributed by atoms with Crippen LogP contribution in [-0.2, 0) is 9.09 Å². The van der Waals surface area contributed by atoms with Crippen LogP contribution in [0.3, 0.4) is 0 Å². The fourth-order valence-electron chi connectivity index (χ4n) is 4.39. The van der Waals surface area contributed by atoms with Gasteiger partial charge in [-0.25, -0.2) is 0 Å². The van der Waals surface area contributed by atoms with Gasteiger partial charge in [-0.15, -0.1) is 0 Å². The van der Waals surface area contributed by atoms with Crippen LogP contribution in [-0.4, -0.2) is 6.61 Å². The zero-order valence-electron chi connectivity index (χ0n) is 21.1. The van der Waals surface area contributed by atoms with Crippen LogP contribution >= 0.6 is 7.37 Å². The number of benzene rings is 2. The molecule has 0 atom stereocenters. The van der Waals surface area contributed by atoms with Crippen LogP contribution < -0.4 is 10.6 Å². The second kappa shape index (κ2) is 18.0. The van der Waals surface area contributed by atoms with Gasteiger partial charge in [-0.3, -0.25) is 4.57 Å². The Kier molecular flexibility index (Phi) is 15.2. The maximum absolute atomic E-state index is 13.8. The molecule has 0 spiro atoms. The van der Waals surface area contributed by atoms with Gasteiger partial charge in [-0.2, -0.15) is 0 Å². The third kappa shape index (κ3) is 11.5. The van der Waals surface area contributed by atoms with E-state index in [-0.39, 0.29) is 0 Å². The van der Waals surface area contributed by atoms with Gasteiger partial charge in [-0.05, 0) is 30.7 Å². The van der Waals surface area contributed by atoms with Crippen LogP contribution in [0.5, 0.6) is 0 Å². The second-order valence-corrected chi connectivity index (χ2v) is 11.8. The Labute approximate surface area is 204 Å². The zero-order chi connectivity index (χ0) is 23.5. The van der Waals surface area contributed by atoms with Crippen LogP contribution in [0.4, 0.5) is 0 Å². The summed E-state index contributed by atoms with van der Waals surface area (Å²) in [5, 5.41) is 1.57.